The van der Waals surface area contributed by atoms with Crippen LogP contribution < -0.4 is 5.32 Å². The molecule has 17 heavy (non-hydrogen) atoms. The first-order valence-electron chi connectivity index (χ1n) is 5.57. The molecule has 0 aliphatic carbocycles. The fraction of sp³-hybridized carbons (Fsp3) is 0.500. The van der Waals surface area contributed by atoms with Crippen LogP contribution in [-0.2, 0) is 10.8 Å². The molecule has 0 spiro atoms. The molecule has 1 unspecified atom stereocenters. The van der Waals surface area contributed by atoms with Gasteiger partial charge in [0.2, 0.25) is 0 Å². The Balaban J connectivity index is 2.49. The molecular formula is C12H17F2NOS. The highest BCUT2D eigenvalue weighted by atomic mass is 32.2. The average Bonchev–Trinajstić information content (AvgIpc) is 2.27. The summed E-state index contributed by atoms with van der Waals surface area (Å²) < 4.78 is 37.9. The zero-order chi connectivity index (χ0) is 12.8. The molecule has 1 rings (SSSR count). The van der Waals surface area contributed by atoms with Crippen LogP contribution in [0.1, 0.15) is 20.3 Å². The smallest absolute Gasteiger partial charge is 0.139 e. The molecule has 0 bridgehead atoms. The van der Waals surface area contributed by atoms with E-state index >= 15 is 0 Å². The quantitative estimate of drug-likeness (QED) is 0.797. The molecule has 0 saturated heterocycles. The molecule has 0 aliphatic heterocycles. The fourth-order valence-corrected chi connectivity index (χ4v) is 2.51. The van der Waals surface area contributed by atoms with E-state index in [1.54, 1.807) is 0 Å². The Kier molecular flexibility index (Phi) is 5.71. The van der Waals surface area contributed by atoms with Gasteiger partial charge in [0.15, 0.2) is 0 Å². The average molecular weight is 261 g/mol. The number of hydrogen-bond donors (Lipinski definition) is 1. The lowest BCUT2D eigenvalue weighted by Crippen LogP contribution is -2.24. The first-order valence-corrected chi connectivity index (χ1v) is 6.89. The molecule has 1 aromatic rings. The molecule has 0 saturated carbocycles. The van der Waals surface area contributed by atoms with E-state index in [2.05, 4.69) is 5.32 Å². The standard InChI is InChI=1S/C12H17F2NOS/c1-9(2)15-6-3-7-17(16)12-8-10(13)4-5-11(12)14/h4-5,8-9,15H,3,6-7H2,1-2H3. The summed E-state index contributed by atoms with van der Waals surface area (Å²) in [5.41, 5.74) is 0. The van der Waals surface area contributed by atoms with E-state index in [1.807, 2.05) is 13.8 Å². The third-order valence-electron chi connectivity index (χ3n) is 2.20. The number of benzene rings is 1. The summed E-state index contributed by atoms with van der Waals surface area (Å²) in [4.78, 5) is -0.0467. The van der Waals surface area contributed by atoms with E-state index in [1.165, 1.54) is 0 Å². The van der Waals surface area contributed by atoms with Gasteiger partial charge in [-0.15, -0.1) is 0 Å². The molecule has 0 aliphatic rings. The first kappa shape index (κ1) is 14.3. The van der Waals surface area contributed by atoms with Gasteiger partial charge in [0.25, 0.3) is 0 Å². The maximum Gasteiger partial charge on any atom is 0.139 e. The van der Waals surface area contributed by atoms with Crippen LogP contribution in [0.15, 0.2) is 23.1 Å². The van der Waals surface area contributed by atoms with Gasteiger partial charge in [0.05, 0.1) is 15.7 Å². The molecule has 96 valence electrons. The SMILES string of the molecule is CC(C)NCCCS(=O)c1cc(F)ccc1F. The highest BCUT2D eigenvalue weighted by Gasteiger charge is 2.10. The lowest BCUT2D eigenvalue weighted by Gasteiger charge is -2.08. The van der Waals surface area contributed by atoms with Gasteiger partial charge in [0.1, 0.15) is 11.6 Å². The number of hydrogen-bond acceptors (Lipinski definition) is 2. The van der Waals surface area contributed by atoms with Crippen LogP contribution in [0.3, 0.4) is 0 Å². The van der Waals surface area contributed by atoms with Gasteiger partial charge in [-0.1, -0.05) is 13.8 Å². The Morgan fingerprint density at radius 3 is 2.71 bits per heavy atom. The van der Waals surface area contributed by atoms with Gasteiger partial charge in [-0.25, -0.2) is 8.78 Å². The summed E-state index contributed by atoms with van der Waals surface area (Å²) in [6, 6.07) is 3.40. The van der Waals surface area contributed by atoms with Crippen LogP contribution in [-0.4, -0.2) is 22.5 Å². The largest absolute Gasteiger partial charge is 0.315 e. The van der Waals surface area contributed by atoms with Gasteiger partial charge < -0.3 is 5.32 Å². The molecule has 1 aromatic carbocycles. The number of halogens is 2. The van der Waals surface area contributed by atoms with Crippen LogP contribution in [0.5, 0.6) is 0 Å². The van der Waals surface area contributed by atoms with Gasteiger partial charge in [-0.05, 0) is 31.2 Å². The monoisotopic (exact) mass is 261 g/mol. The molecule has 5 heteroatoms. The number of rotatable bonds is 6. The molecule has 0 fully saturated rings. The van der Waals surface area contributed by atoms with Crippen LogP contribution in [0.25, 0.3) is 0 Å². The molecular weight excluding hydrogens is 244 g/mol. The summed E-state index contributed by atoms with van der Waals surface area (Å²) in [6.07, 6.45) is 0.667. The van der Waals surface area contributed by atoms with Crippen molar-refractivity contribution in [3.05, 3.63) is 29.8 Å². The van der Waals surface area contributed by atoms with E-state index in [4.69, 9.17) is 0 Å². The van der Waals surface area contributed by atoms with Crippen molar-refractivity contribution in [3.63, 3.8) is 0 Å². The number of nitrogens with one attached hydrogen (secondary N) is 1. The fourth-order valence-electron chi connectivity index (χ4n) is 1.36. The molecule has 0 aromatic heterocycles. The highest BCUT2D eigenvalue weighted by Crippen LogP contribution is 2.14. The predicted molar refractivity (Wildman–Crippen MR) is 65.4 cm³/mol. The van der Waals surface area contributed by atoms with E-state index in [-0.39, 0.29) is 4.90 Å². The van der Waals surface area contributed by atoms with Crippen molar-refractivity contribution < 1.29 is 13.0 Å². The second kappa shape index (κ2) is 6.81. The summed E-state index contributed by atoms with van der Waals surface area (Å²) in [5.74, 6) is -0.836. The van der Waals surface area contributed by atoms with E-state index in [9.17, 15) is 13.0 Å². The Hall–Kier alpha value is -0.810. The van der Waals surface area contributed by atoms with Crippen LogP contribution in [0.2, 0.25) is 0 Å². The van der Waals surface area contributed by atoms with Crippen molar-refractivity contribution in [1.29, 1.82) is 0 Å². The second-order valence-corrected chi connectivity index (χ2v) is 5.63. The lowest BCUT2D eigenvalue weighted by molar-refractivity contribution is 0.568. The van der Waals surface area contributed by atoms with Crippen molar-refractivity contribution in [1.82, 2.24) is 5.32 Å². The normalized spacial score (nSPS) is 13.0. The Labute approximate surface area is 103 Å². The summed E-state index contributed by atoms with van der Waals surface area (Å²) in [6.45, 7) is 4.76. The highest BCUT2D eigenvalue weighted by molar-refractivity contribution is 7.85. The molecule has 1 N–H and O–H groups in total. The van der Waals surface area contributed by atoms with Crippen LogP contribution >= 0.6 is 0 Å². The second-order valence-electron chi connectivity index (χ2n) is 4.09. The summed E-state index contributed by atoms with van der Waals surface area (Å²) in [5, 5.41) is 3.18. The molecule has 0 radical (unpaired) electrons. The minimum Gasteiger partial charge on any atom is -0.315 e. The van der Waals surface area contributed by atoms with Gasteiger partial charge >= 0.3 is 0 Å². The Morgan fingerprint density at radius 1 is 1.35 bits per heavy atom. The molecule has 2 nitrogen and oxygen atoms in total. The maximum absolute atomic E-state index is 13.3. The van der Waals surface area contributed by atoms with Crippen molar-refractivity contribution in [2.45, 2.75) is 31.2 Å². The van der Waals surface area contributed by atoms with Crippen LogP contribution in [0.4, 0.5) is 8.78 Å². The summed E-state index contributed by atoms with van der Waals surface area (Å²) in [7, 11) is -1.47. The van der Waals surface area contributed by atoms with Gasteiger partial charge in [0, 0.05) is 11.8 Å². The van der Waals surface area contributed by atoms with Crippen molar-refractivity contribution in [3.8, 4) is 0 Å². The van der Waals surface area contributed by atoms with E-state index < -0.39 is 22.4 Å². The van der Waals surface area contributed by atoms with Crippen molar-refractivity contribution >= 4 is 10.8 Å². The predicted octanol–water partition coefficient (Wildman–Crippen LogP) is 2.46. The van der Waals surface area contributed by atoms with E-state index in [0.717, 1.165) is 24.7 Å². The maximum atomic E-state index is 13.3. The zero-order valence-corrected chi connectivity index (χ0v) is 10.8. The Bertz CT molecular complexity index is 396. The lowest BCUT2D eigenvalue weighted by atomic mass is 10.3. The molecule has 0 heterocycles. The minimum absolute atomic E-state index is 0.0467. The molecule has 0 amide bonds. The first-order chi connectivity index (χ1) is 8.00. The minimum atomic E-state index is -1.47. The summed E-state index contributed by atoms with van der Waals surface area (Å²) >= 11 is 0. The molecule has 1 atom stereocenters. The van der Waals surface area contributed by atoms with E-state index in [0.29, 0.717) is 18.2 Å². The van der Waals surface area contributed by atoms with Gasteiger partial charge in [-0.2, -0.15) is 0 Å². The van der Waals surface area contributed by atoms with Crippen LogP contribution in [0, 0.1) is 11.6 Å². The van der Waals surface area contributed by atoms with Crippen molar-refractivity contribution in [2.75, 3.05) is 12.3 Å². The third-order valence-corrected chi connectivity index (χ3v) is 3.66. The van der Waals surface area contributed by atoms with Crippen molar-refractivity contribution in [2.24, 2.45) is 0 Å². The zero-order valence-electron chi connectivity index (χ0n) is 10.0. The third kappa shape index (κ3) is 4.91. The topological polar surface area (TPSA) is 29.1 Å². The van der Waals surface area contributed by atoms with Gasteiger partial charge in [-0.3, -0.25) is 4.21 Å². The Morgan fingerprint density at radius 2 is 2.06 bits per heavy atom.